The van der Waals surface area contributed by atoms with Crippen LogP contribution < -0.4 is 0 Å². The fourth-order valence-electron chi connectivity index (χ4n) is 2.56. The van der Waals surface area contributed by atoms with Crippen LogP contribution in [-0.4, -0.2) is 20.6 Å². The van der Waals surface area contributed by atoms with E-state index in [-0.39, 0.29) is 6.54 Å². The first-order chi connectivity index (χ1) is 11.0. The van der Waals surface area contributed by atoms with Crippen LogP contribution in [0.2, 0.25) is 0 Å². The van der Waals surface area contributed by atoms with Crippen LogP contribution in [0.5, 0.6) is 0 Å². The number of carboxylic acids is 1. The highest BCUT2D eigenvalue weighted by Crippen LogP contribution is 2.22. The smallest absolute Gasteiger partial charge is 0.323 e. The van der Waals surface area contributed by atoms with Crippen LogP contribution in [0.4, 0.5) is 0 Å². The Balaban J connectivity index is 2.11. The molecule has 1 aromatic heterocycles. The van der Waals surface area contributed by atoms with Gasteiger partial charge in [0.2, 0.25) is 0 Å². The minimum Gasteiger partial charge on any atom is -0.480 e. The lowest BCUT2D eigenvalue weighted by Crippen LogP contribution is -2.10. The Bertz CT molecular complexity index is 893. The Morgan fingerprint density at radius 3 is 2.52 bits per heavy atom. The molecule has 3 aromatic rings. The summed E-state index contributed by atoms with van der Waals surface area (Å²) in [6.45, 7) is 3.95. The fourth-order valence-corrected chi connectivity index (χ4v) is 2.56. The zero-order valence-corrected chi connectivity index (χ0v) is 13.2. The number of fused-ring (bicyclic) bond motifs is 1. The second-order valence-corrected chi connectivity index (χ2v) is 5.62. The van der Waals surface area contributed by atoms with E-state index in [1.165, 1.54) is 0 Å². The molecule has 1 heterocycles. The maximum Gasteiger partial charge on any atom is 0.323 e. The van der Waals surface area contributed by atoms with Crippen LogP contribution in [0, 0.1) is 13.8 Å². The second-order valence-electron chi connectivity index (χ2n) is 5.62. The zero-order chi connectivity index (χ0) is 16.4. The molecule has 23 heavy (non-hydrogen) atoms. The molecule has 0 bridgehead atoms. The van der Waals surface area contributed by atoms with E-state index in [1.807, 2.05) is 68.5 Å². The Morgan fingerprint density at radius 1 is 1.13 bits per heavy atom. The first kappa shape index (κ1) is 15.0. The SMILES string of the molecule is Cc1cc2nc(/C=C/c3ccccc3)n(CC(=O)O)c2cc1C. The summed E-state index contributed by atoms with van der Waals surface area (Å²) in [5, 5.41) is 9.21. The van der Waals surface area contributed by atoms with Crippen molar-refractivity contribution in [2.45, 2.75) is 20.4 Å². The molecule has 0 atom stereocenters. The van der Waals surface area contributed by atoms with E-state index in [4.69, 9.17) is 0 Å². The summed E-state index contributed by atoms with van der Waals surface area (Å²) in [6, 6.07) is 13.9. The number of rotatable bonds is 4. The molecule has 0 spiro atoms. The largest absolute Gasteiger partial charge is 0.480 e. The molecular weight excluding hydrogens is 288 g/mol. The van der Waals surface area contributed by atoms with E-state index in [0.29, 0.717) is 5.82 Å². The van der Waals surface area contributed by atoms with Crippen molar-refractivity contribution in [3.63, 3.8) is 0 Å². The molecule has 4 heteroatoms. The van der Waals surface area contributed by atoms with Crippen molar-refractivity contribution < 1.29 is 9.90 Å². The Hall–Kier alpha value is -2.88. The molecule has 0 amide bonds. The van der Waals surface area contributed by atoms with Crippen molar-refractivity contribution in [3.8, 4) is 0 Å². The van der Waals surface area contributed by atoms with Crippen molar-refractivity contribution in [3.05, 3.63) is 65.0 Å². The number of imidazole rings is 1. The zero-order valence-electron chi connectivity index (χ0n) is 13.2. The Labute approximate surface area is 134 Å². The van der Waals surface area contributed by atoms with Gasteiger partial charge in [0.05, 0.1) is 11.0 Å². The van der Waals surface area contributed by atoms with Gasteiger partial charge in [-0.3, -0.25) is 4.79 Å². The van der Waals surface area contributed by atoms with Crippen molar-refractivity contribution in [1.82, 2.24) is 9.55 Å². The van der Waals surface area contributed by atoms with Gasteiger partial charge in [0.1, 0.15) is 12.4 Å². The van der Waals surface area contributed by atoms with E-state index in [2.05, 4.69) is 4.98 Å². The third kappa shape index (κ3) is 3.16. The van der Waals surface area contributed by atoms with E-state index >= 15 is 0 Å². The summed E-state index contributed by atoms with van der Waals surface area (Å²) in [5.74, 6) is -0.229. The molecule has 0 radical (unpaired) electrons. The van der Waals surface area contributed by atoms with Crippen LogP contribution >= 0.6 is 0 Å². The summed E-state index contributed by atoms with van der Waals surface area (Å²) in [5.41, 5.74) is 5.00. The number of aryl methyl sites for hydroxylation is 2. The summed E-state index contributed by atoms with van der Waals surface area (Å²) in [6.07, 6.45) is 3.81. The van der Waals surface area contributed by atoms with Crippen molar-refractivity contribution in [2.24, 2.45) is 0 Å². The van der Waals surface area contributed by atoms with Gasteiger partial charge in [0.15, 0.2) is 0 Å². The van der Waals surface area contributed by atoms with E-state index in [9.17, 15) is 9.90 Å². The monoisotopic (exact) mass is 306 g/mol. The van der Waals surface area contributed by atoms with Crippen LogP contribution in [-0.2, 0) is 11.3 Å². The first-order valence-corrected chi connectivity index (χ1v) is 7.47. The molecule has 0 aliphatic heterocycles. The molecule has 116 valence electrons. The number of hydrogen-bond acceptors (Lipinski definition) is 2. The van der Waals surface area contributed by atoms with Crippen LogP contribution in [0.3, 0.4) is 0 Å². The molecule has 0 saturated heterocycles. The van der Waals surface area contributed by atoms with E-state index in [0.717, 1.165) is 27.7 Å². The Kier molecular flexibility index (Phi) is 3.98. The van der Waals surface area contributed by atoms with Gasteiger partial charge >= 0.3 is 5.97 Å². The summed E-state index contributed by atoms with van der Waals surface area (Å²) < 4.78 is 1.74. The number of aliphatic carboxylic acids is 1. The predicted octanol–water partition coefficient (Wildman–Crippen LogP) is 3.91. The minimum absolute atomic E-state index is 0.104. The quantitative estimate of drug-likeness (QED) is 0.795. The normalized spacial score (nSPS) is 11.4. The maximum absolute atomic E-state index is 11.2. The van der Waals surface area contributed by atoms with Gasteiger partial charge in [0, 0.05) is 0 Å². The molecule has 2 aromatic carbocycles. The average Bonchev–Trinajstić information content (AvgIpc) is 2.83. The maximum atomic E-state index is 11.2. The van der Waals surface area contributed by atoms with Gasteiger partial charge in [-0.2, -0.15) is 0 Å². The molecule has 4 nitrogen and oxygen atoms in total. The molecule has 1 N–H and O–H groups in total. The summed E-state index contributed by atoms with van der Waals surface area (Å²) in [7, 11) is 0. The van der Waals surface area contributed by atoms with Gasteiger partial charge in [-0.05, 0) is 48.7 Å². The minimum atomic E-state index is -0.878. The number of benzene rings is 2. The average molecular weight is 306 g/mol. The summed E-state index contributed by atoms with van der Waals surface area (Å²) >= 11 is 0. The number of carbonyl (C=O) groups is 1. The predicted molar refractivity (Wildman–Crippen MR) is 92.2 cm³/mol. The summed E-state index contributed by atoms with van der Waals surface area (Å²) in [4.78, 5) is 15.8. The van der Waals surface area contributed by atoms with E-state index in [1.54, 1.807) is 4.57 Å². The number of aromatic nitrogens is 2. The number of hydrogen-bond donors (Lipinski definition) is 1. The molecule has 0 fully saturated rings. The first-order valence-electron chi connectivity index (χ1n) is 7.47. The van der Waals surface area contributed by atoms with Crippen LogP contribution in [0.1, 0.15) is 22.5 Å². The van der Waals surface area contributed by atoms with Crippen molar-refractivity contribution >= 4 is 29.2 Å². The molecule has 0 aliphatic rings. The van der Waals surface area contributed by atoms with Gasteiger partial charge < -0.3 is 9.67 Å². The van der Waals surface area contributed by atoms with Gasteiger partial charge in [-0.15, -0.1) is 0 Å². The van der Waals surface area contributed by atoms with Gasteiger partial charge in [-0.25, -0.2) is 4.98 Å². The topological polar surface area (TPSA) is 55.1 Å². The number of carboxylic acid groups (broad SMARTS) is 1. The lowest BCUT2D eigenvalue weighted by atomic mass is 10.1. The highest BCUT2D eigenvalue weighted by atomic mass is 16.4. The highest BCUT2D eigenvalue weighted by Gasteiger charge is 2.12. The van der Waals surface area contributed by atoms with Gasteiger partial charge in [-0.1, -0.05) is 36.4 Å². The van der Waals surface area contributed by atoms with Crippen LogP contribution in [0.25, 0.3) is 23.2 Å². The number of nitrogens with zero attached hydrogens (tertiary/aromatic N) is 2. The third-order valence-corrected chi connectivity index (χ3v) is 3.91. The molecule has 3 rings (SSSR count). The van der Waals surface area contributed by atoms with Crippen LogP contribution in [0.15, 0.2) is 42.5 Å². The van der Waals surface area contributed by atoms with E-state index < -0.39 is 5.97 Å². The van der Waals surface area contributed by atoms with Crippen molar-refractivity contribution in [1.29, 1.82) is 0 Å². The molecule has 0 unspecified atom stereocenters. The lowest BCUT2D eigenvalue weighted by molar-refractivity contribution is -0.137. The van der Waals surface area contributed by atoms with Crippen molar-refractivity contribution in [2.75, 3.05) is 0 Å². The molecule has 0 saturated carbocycles. The standard InChI is InChI=1S/C19H18N2O2/c1-13-10-16-17(11-14(13)2)21(12-19(22)23)18(20-16)9-8-15-6-4-3-5-7-15/h3-11H,12H2,1-2H3,(H,22,23)/b9-8+. The molecule has 0 aliphatic carbocycles. The second kappa shape index (κ2) is 6.08. The lowest BCUT2D eigenvalue weighted by Gasteiger charge is -2.05. The van der Waals surface area contributed by atoms with Gasteiger partial charge in [0.25, 0.3) is 0 Å². The highest BCUT2D eigenvalue weighted by molar-refractivity contribution is 5.83. The fraction of sp³-hybridized carbons (Fsp3) is 0.158. The third-order valence-electron chi connectivity index (χ3n) is 3.91. The molecular formula is C19H18N2O2. The Morgan fingerprint density at radius 2 is 1.83 bits per heavy atom.